The van der Waals surface area contributed by atoms with Gasteiger partial charge in [-0.15, -0.1) is 0 Å². The van der Waals surface area contributed by atoms with Gasteiger partial charge in [0.15, 0.2) is 0 Å². The maximum Gasteiger partial charge on any atom is 0.416 e. The molecule has 0 N–H and O–H groups in total. The normalized spacial score (nSPS) is 11.9. The molecular weight excluding hydrogens is 577 g/mol. The van der Waals surface area contributed by atoms with Crippen LogP contribution in [0.4, 0.5) is 13.2 Å². The van der Waals surface area contributed by atoms with Gasteiger partial charge in [0.1, 0.15) is 13.6 Å². The molecule has 0 heterocycles. The number of ether oxygens (including phenoxy) is 4. The van der Waals surface area contributed by atoms with Gasteiger partial charge in [-0.05, 0) is 56.2 Å². The predicted molar refractivity (Wildman–Crippen MR) is 125 cm³/mol. The first-order valence-corrected chi connectivity index (χ1v) is 12.2. The van der Waals surface area contributed by atoms with Crippen molar-refractivity contribution in [2.75, 3.05) is 26.8 Å². The Balaban J connectivity index is 2.24. The molecule has 32 heavy (non-hydrogen) atoms. The van der Waals surface area contributed by atoms with Crippen molar-refractivity contribution in [3.8, 4) is 0 Å². The van der Waals surface area contributed by atoms with Crippen molar-refractivity contribution < 1.29 is 32.1 Å². The van der Waals surface area contributed by atoms with Crippen LogP contribution in [0, 0.1) is 6.92 Å². The molecule has 0 spiro atoms. The lowest BCUT2D eigenvalue weighted by atomic mass is 10.1. The minimum Gasteiger partial charge on any atom is -0.356 e. The van der Waals surface area contributed by atoms with Gasteiger partial charge in [0, 0.05) is 37.5 Å². The zero-order valence-electron chi connectivity index (χ0n) is 18.0. The van der Waals surface area contributed by atoms with Gasteiger partial charge < -0.3 is 18.9 Å². The Hall–Kier alpha value is -0.620. The van der Waals surface area contributed by atoms with E-state index in [1.165, 1.54) is 11.8 Å². The fraction of sp³-hybridized carbons (Fsp3) is 0.455. The van der Waals surface area contributed by atoms with Crippen LogP contribution in [0.3, 0.4) is 0 Å². The Morgan fingerprint density at radius 3 is 1.78 bits per heavy atom. The molecule has 0 bridgehead atoms. The molecule has 0 atom stereocenters. The van der Waals surface area contributed by atoms with Crippen LogP contribution >= 0.6 is 43.6 Å². The number of hydrogen-bond acceptors (Lipinski definition) is 5. The summed E-state index contributed by atoms with van der Waals surface area (Å²) in [6, 6.07) is 6.62. The summed E-state index contributed by atoms with van der Waals surface area (Å²) < 4.78 is 63.3. The molecule has 0 aliphatic heterocycles. The number of aryl methyl sites for hydroxylation is 1. The van der Waals surface area contributed by atoms with Crippen LogP contribution in [0.5, 0.6) is 0 Å². The maximum absolute atomic E-state index is 13.7. The highest BCUT2D eigenvalue weighted by Crippen LogP contribution is 2.41. The van der Waals surface area contributed by atoms with Gasteiger partial charge in [-0.1, -0.05) is 43.6 Å². The Labute approximate surface area is 207 Å². The molecule has 10 heteroatoms. The van der Waals surface area contributed by atoms with Crippen LogP contribution in [-0.4, -0.2) is 26.8 Å². The highest BCUT2D eigenvalue weighted by Gasteiger charge is 2.35. The second-order valence-electron chi connectivity index (χ2n) is 6.65. The quantitative estimate of drug-likeness (QED) is 0.184. The molecule has 2 rings (SSSR count). The summed E-state index contributed by atoms with van der Waals surface area (Å²) in [7, 11) is 0. The summed E-state index contributed by atoms with van der Waals surface area (Å²) in [6.45, 7) is 6.91. The number of halogens is 5. The third-order valence-corrected chi connectivity index (χ3v) is 6.69. The van der Waals surface area contributed by atoms with Crippen molar-refractivity contribution in [3.05, 3.63) is 55.5 Å². The van der Waals surface area contributed by atoms with Crippen molar-refractivity contribution >= 4 is 43.6 Å². The molecule has 0 fully saturated rings. The molecule has 0 aliphatic carbocycles. The zero-order chi connectivity index (χ0) is 23.7. The van der Waals surface area contributed by atoms with E-state index in [0.29, 0.717) is 29.2 Å². The smallest absolute Gasteiger partial charge is 0.356 e. The van der Waals surface area contributed by atoms with E-state index in [1.807, 2.05) is 26.0 Å². The van der Waals surface area contributed by atoms with Gasteiger partial charge in [0.05, 0.1) is 18.8 Å². The minimum atomic E-state index is -4.51. The summed E-state index contributed by atoms with van der Waals surface area (Å²) >= 11 is 8.08. The molecule has 2 aromatic carbocycles. The number of alkyl halides is 3. The summed E-state index contributed by atoms with van der Waals surface area (Å²) in [6.07, 6.45) is -4.51. The Morgan fingerprint density at radius 2 is 1.28 bits per heavy atom. The van der Waals surface area contributed by atoms with Gasteiger partial charge in [0.2, 0.25) is 0 Å². The molecule has 0 radical (unpaired) electrons. The molecule has 2 aromatic rings. The van der Waals surface area contributed by atoms with E-state index in [-0.39, 0.29) is 25.8 Å². The summed E-state index contributed by atoms with van der Waals surface area (Å²) in [5.41, 5.74) is 1.24. The first-order valence-electron chi connectivity index (χ1n) is 9.84. The van der Waals surface area contributed by atoms with E-state index in [9.17, 15) is 13.2 Å². The van der Waals surface area contributed by atoms with Crippen LogP contribution in [-0.2, 0) is 38.3 Å². The lowest BCUT2D eigenvalue weighted by molar-refractivity contribution is -0.140. The zero-order valence-corrected chi connectivity index (χ0v) is 22.0. The van der Waals surface area contributed by atoms with Gasteiger partial charge in [-0.25, -0.2) is 0 Å². The minimum absolute atomic E-state index is 0.0423. The fourth-order valence-electron chi connectivity index (χ4n) is 2.76. The van der Waals surface area contributed by atoms with E-state index in [4.69, 9.17) is 18.9 Å². The van der Waals surface area contributed by atoms with Crippen LogP contribution in [0.15, 0.2) is 43.0 Å². The number of rotatable bonds is 12. The SMILES string of the molecule is CCOCOCc1c(C)cc(Sc2cc(Br)c(COCOCC)c(C(F)(F)F)c2)cc1Br. The van der Waals surface area contributed by atoms with Crippen LogP contribution in [0.25, 0.3) is 0 Å². The number of hydrogen-bond donors (Lipinski definition) is 0. The molecule has 0 unspecified atom stereocenters. The fourth-order valence-corrected chi connectivity index (χ4v) is 5.35. The Kier molecular flexibility index (Phi) is 11.5. The highest BCUT2D eigenvalue weighted by atomic mass is 79.9. The Bertz CT molecular complexity index is 871. The predicted octanol–water partition coefficient (Wildman–Crippen LogP) is 7.71. The molecular formula is C22H25Br2F3O4S. The largest absolute Gasteiger partial charge is 0.416 e. The first kappa shape index (κ1) is 27.6. The molecule has 0 aliphatic rings. The molecule has 0 saturated heterocycles. The van der Waals surface area contributed by atoms with Gasteiger partial charge in [0.25, 0.3) is 0 Å². The van der Waals surface area contributed by atoms with E-state index < -0.39 is 11.7 Å². The van der Waals surface area contributed by atoms with Crippen LogP contribution in [0.1, 0.15) is 36.1 Å². The van der Waals surface area contributed by atoms with Crippen molar-refractivity contribution in [2.45, 2.75) is 50.0 Å². The van der Waals surface area contributed by atoms with Gasteiger partial charge in [-0.3, -0.25) is 0 Å². The molecule has 0 aromatic heterocycles. The second-order valence-corrected chi connectivity index (χ2v) is 9.51. The lowest BCUT2D eigenvalue weighted by Crippen LogP contribution is -2.12. The molecule has 0 amide bonds. The molecule has 178 valence electrons. The second kappa shape index (κ2) is 13.3. The van der Waals surface area contributed by atoms with E-state index >= 15 is 0 Å². The van der Waals surface area contributed by atoms with Crippen molar-refractivity contribution in [3.63, 3.8) is 0 Å². The standard InChI is InChI=1S/C22H25Br2F3O4S/c1-4-28-12-30-10-17-14(3)6-15(8-20(17)23)32-16-7-19(22(25,26)27)18(21(24)9-16)11-31-13-29-5-2/h6-9H,4-5,10-13H2,1-3H3. The average molecular weight is 602 g/mol. The maximum atomic E-state index is 13.7. The van der Waals surface area contributed by atoms with E-state index in [1.54, 1.807) is 13.0 Å². The van der Waals surface area contributed by atoms with Crippen molar-refractivity contribution in [1.29, 1.82) is 0 Å². The monoisotopic (exact) mass is 600 g/mol. The third-order valence-electron chi connectivity index (χ3n) is 4.34. The molecule has 4 nitrogen and oxygen atoms in total. The van der Waals surface area contributed by atoms with E-state index in [2.05, 4.69) is 31.9 Å². The lowest BCUT2D eigenvalue weighted by Gasteiger charge is -2.17. The summed E-state index contributed by atoms with van der Waals surface area (Å²) in [4.78, 5) is 1.27. The van der Waals surface area contributed by atoms with Gasteiger partial charge >= 0.3 is 6.18 Å². The summed E-state index contributed by atoms with van der Waals surface area (Å²) in [5, 5.41) is 0. The molecule has 0 saturated carbocycles. The first-order chi connectivity index (χ1) is 15.2. The van der Waals surface area contributed by atoms with Crippen molar-refractivity contribution in [2.24, 2.45) is 0 Å². The average Bonchev–Trinajstić information content (AvgIpc) is 2.70. The van der Waals surface area contributed by atoms with Gasteiger partial charge in [-0.2, -0.15) is 13.2 Å². The van der Waals surface area contributed by atoms with E-state index in [0.717, 1.165) is 26.6 Å². The number of benzene rings is 2. The van der Waals surface area contributed by atoms with Crippen molar-refractivity contribution in [1.82, 2.24) is 0 Å². The third kappa shape index (κ3) is 8.30. The van der Waals surface area contributed by atoms with Crippen LogP contribution < -0.4 is 0 Å². The summed E-state index contributed by atoms with van der Waals surface area (Å²) in [5.74, 6) is 0. The highest BCUT2D eigenvalue weighted by molar-refractivity contribution is 9.10. The Morgan fingerprint density at radius 1 is 0.781 bits per heavy atom. The topological polar surface area (TPSA) is 36.9 Å². The van der Waals surface area contributed by atoms with Crippen LogP contribution in [0.2, 0.25) is 0 Å².